The van der Waals surface area contributed by atoms with Crippen LogP contribution in [0.2, 0.25) is 0 Å². The summed E-state index contributed by atoms with van der Waals surface area (Å²) in [5, 5.41) is 2.94. The molecule has 3 aromatic carbocycles. The zero-order valence-corrected chi connectivity index (χ0v) is 20.8. The van der Waals surface area contributed by atoms with Crippen LogP contribution in [0.5, 0.6) is 0 Å². The Kier molecular flexibility index (Phi) is 9.25. The minimum Gasteiger partial charge on any atom is -0.355 e. The van der Waals surface area contributed by atoms with Crippen LogP contribution in [-0.2, 0) is 29.0 Å². The molecule has 5 heteroatoms. The summed E-state index contributed by atoms with van der Waals surface area (Å²) in [5.74, 6) is -0.150. The number of carbonyl (C=O) groups is 2. The van der Waals surface area contributed by atoms with E-state index in [4.69, 9.17) is 0 Å². The van der Waals surface area contributed by atoms with E-state index in [1.807, 2.05) is 61.5 Å². The molecule has 0 saturated heterocycles. The third-order valence-electron chi connectivity index (χ3n) is 5.61. The first kappa shape index (κ1) is 24.7. The largest absolute Gasteiger partial charge is 0.355 e. The van der Waals surface area contributed by atoms with Gasteiger partial charge in [0.1, 0.15) is 6.04 Å². The van der Waals surface area contributed by atoms with Crippen molar-refractivity contribution < 1.29 is 9.59 Å². The van der Waals surface area contributed by atoms with Crippen LogP contribution in [0.1, 0.15) is 35.6 Å². The second-order valence-electron chi connectivity index (χ2n) is 8.24. The number of hydrogen-bond acceptors (Lipinski definition) is 2. The third kappa shape index (κ3) is 7.57. The summed E-state index contributed by atoms with van der Waals surface area (Å²) >= 11 is 3.52. The maximum Gasteiger partial charge on any atom is 0.243 e. The molecular formula is C28H31BrN2O2. The lowest BCUT2D eigenvalue weighted by Crippen LogP contribution is -2.50. The topological polar surface area (TPSA) is 49.4 Å². The van der Waals surface area contributed by atoms with Crippen molar-refractivity contribution in [3.63, 3.8) is 0 Å². The molecule has 3 aromatic rings. The first-order valence-corrected chi connectivity index (χ1v) is 12.2. The smallest absolute Gasteiger partial charge is 0.243 e. The highest BCUT2D eigenvalue weighted by atomic mass is 79.9. The first-order chi connectivity index (χ1) is 16.0. The molecule has 0 fully saturated rings. The fourth-order valence-corrected chi connectivity index (χ4v) is 4.27. The second-order valence-corrected chi connectivity index (χ2v) is 9.15. The van der Waals surface area contributed by atoms with Crippen molar-refractivity contribution in [2.75, 3.05) is 6.54 Å². The van der Waals surface area contributed by atoms with Crippen molar-refractivity contribution in [1.82, 2.24) is 10.2 Å². The average Bonchev–Trinajstić information content (AvgIpc) is 2.81. The molecule has 0 radical (unpaired) electrons. The fraction of sp³-hybridized carbons (Fsp3) is 0.286. The number of halogens is 1. The predicted octanol–water partition coefficient (Wildman–Crippen LogP) is 5.47. The Bertz CT molecular complexity index is 1050. The average molecular weight is 507 g/mol. The number of likely N-dealkylation sites (N-methyl/N-ethyl adjacent to an activating group) is 1. The highest BCUT2D eigenvalue weighted by Crippen LogP contribution is 2.19. The Balaban J connectivity index is 1.88. The van der Waals surface area contributed by atoms with E-state index in [0.717, 1.165) is 21.2 Å². The Labute approximate surface area is 205 Å². The van der Waals surface area contributed by atoms with Crippen molar-refractivity contribution >= 4 is 27.7 Å². The summed E-state index contributed by atoms with van der Waals surface area (Å²) in [7, 11) is 0. The number of rotatable bonds is 10. The molecule has 0 aliphatic heterocycles. The van der Waals surface area contributed by atoms with Gasteiger partial charge in [0.25, 0.3) is 0 Å². The van der Waals surface area contributed by atoms with Gasteiger partial charge in [-0.3, -0.25) is 9.59 Å². The van der Waals surface area contributed by atoms with E-state index in [1.54, 1.807) is 4.90 Å². The summed E-state index contributed by atoms with van der Waals surface area (Å²) in [5.41, 5.74) is 4.32. The number of benzene rings is 3. The molecule has 1 N–H and O–H groups in total. The quantitative estimate of drug-likeness (QED) is 0.396. The van der Waals surface area contributed by atoms with Crippen molar-refractivity contribution in [3.8, 4) is 0 Å². The molecule has 1 unspecified atom stereocenters. The molecule has 172 valence electrons. The van der Waals surface area contributed by atoms with Crippen LogP contribution in [-0.4, -0.2) is 29.3 Å². The molecule has 2 amide bonds. The molecule has 4 nitrogen and oxygen atoms in total. The lowest BCUT2D eigenvalue weighted by molar-refractivity contribution is -0.141. The van der Waals surface area contributed by atoms with E-state index in [2.05, 4.69) is 52.4 Å². The van der Waals surface area contributed by atoms with Gasteiger partial charge in [-0.1, -0.05) is 88.2 Å². The van der Waals surface area contributed by atoms with E-state index in [9.17, 15) is 9.59 Å². The maximum absolute atomic E-state index is 13.5. The number of nitrogens with one attached hydrogen (secondary N) is 1. The lowest BCUT2D eigenvalue weighted by Gasteiger charge is -2.31. The van der Waals surface area contributed by atoms with Gasteiger partial charge >= 0.3 is 0 Å². The molecule has 0 spiro atoms. The van der Waals surface area contributed by atoms with Crippen molar-refractivity contribution in [1.29, 1.82) is 0 Å². The van der Waals surface area contributed by atoms with Crippen LogP contribution in [0.4, 0.5) is 0 Å². The van der Waals surface area contributed by atoms with Crippen LogP contribution in [0.15, 0.2) is 83.3 Å². The van der Waals surface area contributed by atoms with E-state index in [-0.39, 0.29) is 11.8 Å². The molecule has 0 saturated carbocycles. The Morgan fingerprint density at radius 1 is 0.909 bits per heavy atom. The van der Waals surface area contributed by atoms with Gasteiger partial charge in [-0.2, -0.15) is 0 Å². The van der Waals surface area contributed by atoms with Gasteiger partial charge in [0.2, 0.25) is 11.8 Å². The van der Waals surface area contributed by atoms with E-state index in [0.29, 0.717) is 32.4 Å². The lowest BCUT2D eigenvalue weighted by atomic mass is 10.0. The molecule has 33 heavy (non-hydrogen) atoms. The Morgan fingerprint density at radius 3 is 2.27 bits per heavy atom. The Morgan fingerprint density at radius 2 is 1.61 bits per heavy atom. The standard InChI is InChI=1S/C28H31BrN2O2/c1-3-30-28(33)26(19-23-8-5-4-6-9-23)31(20-24-10-7-11-25(29)18-24)27(32)17-16-22-14-12-21(2)13-15-22/h4-15,18,26H,3,16-17,19-20H2,1-2H3,(H,30,33). The maximum atomic E-state index is 13.5. The zero-order valence-electron chi connectivity index (χ0n) is 19.3. The minimum absolute atomic E-state index is 0.0252. The molecule has 1 atom stereocenters. The van der Waals surface area contributed by atoms with Gasteiger partial charge in [-0.25, -0.2) is 0 Å². The Hall–Kier alpha value is -2.92. The van der Waals surface area contributed by atoms with E-state index < -0.39 is 6.04 Å². The summed E-state index contributed by atoms with van der Waals surface area (Å²) in [6.45, 7) is 4.84. The number of nitrogens with zero attached hydrogens (tertiary/aromatic N) is 1. The van der Waals surface area contributed by atoms with Gasteiger partial charge < -0.3 is 10.2 Å². The molecule has 0 bridgehead atoms. The van der Waals surface area contributed by atoms with Crippen LogP contribution in [0.3, 0.4) is 0 Å². The van der Waals surface area contributed by atoms with E-state index >= 15 is 0 Å². The molecular weight excluding hydrogens is 476 g/mol. The fourth-order valence-electron chi connectivity index (χ4n) is 3.83. The second kappa shape index (κ2) is 12.4. The summed E-state index contributed by atoms with van der Waals surface area (Å²) in [6, 6.07) is 25.4. The van der Waals surface area contributed by atoms with Gasteiger partial charge in [-0.05, 0) is 49.1 Å². The van der Waals surface area contributed by atoms with Crippen molar-refractivity contribution in [2.45, 2.75) is 45.7 Å². The van der Waals surface area contributed by atoms with Gasteiger partial charge in [0, 0.05) is 30.4 Å². The van der Waals surface area contributed by atoms with E-state index in [1.165, 1.54) is 5.56 Å². The SMILES string of the molecule is CCNC(=O)C(Cc1ccccc1)N(Cc1cccc(Br)c1)C(=O)CCc1ccc(C)cc1. The molecule has 0 aliphatic rings. The zero-order chi connectivity index (χ0) is 23.6. The number of aryl methyl sites for hydroxylation is 2. The van der Waals surface area contributed by atoms with Crippen LogP contribution in [0, 0.1) is 6.92 Å². The van der Waals surface area contributed by atoms with Crippen LogP contribution >= 0.6 is 15.9 Å². The molecule has 0 heterocycles. The summed E-state index contributed by atoms with van der Waals surface area (Å²) < 4.78 is 0.949. The third-order valence-corrected chi connectivity index (χ3v) is 6.11. The number of amides is 2. The van der Waals surface area contributed by atoms with Crippen molar-refractivity contribution in [3.05, 3.63) is 106 Å². The van der Waals surface area contributed by atoms with Crippen LogP contribution in [0.25, 0.3) is 0 Å². The monoisotopic (exact) mass is 506 g/mol. The van der Waals surface area contributed by atoms with Gasteiger partial charge in [0.05, 0.1) is 0 Å². The molecule has 3 rings (SSSR count). The van der Waals surface area contributed by atoms with Gasteiger partial charge in [-0.15, -0.1) is 0 Å². The summed E-state index contributed by atoms with van der Waals surface area (Å²) in [6.07, 6.45) is 1.46. The highest BCUT2D eigenvalue weighted by Gasteiger charge is 2.29. The molecule has 0 aromatic heterocycles. The van der Waals surface area contributed by atoms with Gasteiger partial charge in [0.15, 0.2) is 0 Å². The summed E-state index contributed by atoms with van der Waals surface area (Å²) in [4.78, 5) is 28.4. The normalized spacial score (nSPS) is 11.6. The number of hydrogen-bond donors (Lipinski definition) is 1. The minimum atomic E-state index is -0.586. The van der Waals surface area contributed by atoms with Crippen molar-refractivity contribution in [2.24, 2.45) is 0 Å². The highest BCUT2D eigenvalue weighted by molar-refractivity contribution is 9.10. The van der Waals surface area contributed by atoms with Crippen LogP contribution < -0.4 is 5.32 Å². The number of carbonyl (C=O) groups excluding carboxylic acids is 2. The predicted molar refractivity (Wildman–Crippen MR) is 137 cm³/mol. The molecule has 0 aliphatic carbocycles. The first-order valence-electron chi connectivity index (χ1n) is 11.4.